The van der Waals surface area contributed by atoms with Crippen LogP contribution in [-0.4, -0.2) is 25.3 Å². The molecule has 3 unspecified atom stereocenters. The molecular weight excluding hydrogens is 186 g/mol. The van der Waals surface area contributed by atoms with E-state index < -0.39 is 0 Å². The summed E-state index contributed by atoms with van der Waals surface area (Å²) in [5.74, 6) is 0. The number of hydrogen-bond donors (Lipinski definition) is 1. The summed E-state index contributed by atoms with van der Waals surface area (Å²) in [6, 6.07) is 1.17. The van der Waals surface area contributed by atoms with Crippen LogP contribution in [0.1, 0.15) is 40.0 Å². The molecule has 1 N–H and O–H groups in total. The van der Waals surface area contributed by atoms with E-state index >= 15 is 0 Å². The number of allylic oxidation sites excluding steroid dienone is 1. The first-order valence-corrected chi connectivity index (χ1v) is 5.92. The normalized spacial score (nSPS) is 30.7. The van der Waals surface area contributed by atoms with E-state index in [0.717, 1.165) is 12.8 Å². The van der Waals surface area contributed by atoms with E-state index in [9.17, 15) is 0 Å². The monoisotopic (exact) mass is 211 g/mol. The molecule has 0 aromatic carbocycles. The Morgan fingerprint density at radius 1 is 1.60 bits per heavy atom. The van der Waals surface area contributed by atoms with E-state index in [2.05, 4.69) is 32.7 Å². The maximum absolute atomic E-state index is 5.44. The molecule has 1 rings (SSSR count). The molecule has 1 fully saturated rings. The lowest BCUT2D eigenvalue weighted by atomic mass is 9.64. The Hall–Kier alpha value is -0.340. The van der Waals surface area contributed by atoms with Gasteiger partial charge in [-0.3, -0.25) is 0 Å². The summed E-state index contributed by atoms with van der Waals surface area (Å²) >= 11 is 0. The minimum Gasteiger partial charge on any atom is -0.381 e. The number of nitrogens with one attached hydrogen (secondary N) is 1. The summed E-state index contributed by atoms with van der Waals surface area (Å²) in [5.41, 5.74) is 0.275. The van der Waals surface area contributed by atoms with Crippen molar-refractivity contribution in [1.29, 1.82) is 0 Å². The van der Waals surface area contributed by atoms with Crippen molar-refractivity contribution in [3.05, 3.63) is 12.7 Å². The molecule has 0 saturated heterocycles. The minimum atomic E-state index is 0.275. The third kappa shape index (κ3) is 2.82. The molecule has 0 amide bonds. The average molecular weight is 211 g/mol. The molecule has 3 atom stereocenters. The summed E-state index contributed by atoms with van der Waals surface area (Å²) < 4.78 is 5.44. The highest BCUT2D eigenvalue weighted by molar-refractivity contribution is 5.03. The fourth-order valence-electron chi connectivity index (χ4n) is 2.36. The smallest absolute Gasteiger partial charge is 0.0652 e. The second kappa shape index (κ2) is 5.13. The van der Waals surface area contributed by atoms with Gasteiger partial charge in [-0.25, -0.2) is 0 Å². The van der Waals surface area contributed by atoms with E-state index in [1.807, 2.05) is 13.2 Å². The van der Waals surface area contributed by atoms with Gasteiger partial charge in [0.05, 0.1) is 6.10 Å². The molecule has 2 nitrogen and oxygen atoms in total. The van der Waals surface area contributed by atoms with Gasteiger partial charge in [0.1, 0.15) is 0 Å². The fraction of sp³-hybridized carbons (Fsp3) is 0.846. The predicted molar refractivity (Wildman–Crippen MR) is 65.0 cm³/mol. The lowest BCUT2D eigenvalue weighted by Crippen LogP contribution is -2.62. The molecule has 0 heterocycles. The van der Waals surface area contributed by atoms with Crippen molar-refractivity contribution < 1.29 is 4.74 Å². The lowest BCUT2D eigenvalue weighted by molar-refractivity contribution is -0.0999. The largest absolute Gasteiger partial charge is 0.381 e. The molecule has 1 aliphatic rings. The van der Waals surface area contributed by atoms with E-state index in [1.165, 1.54) is 6.42 Å². The quantitative estimate of drug-likeness (QED) is 0.682. The molecule has 0 radical (unpaired) electrons. The maximum Gasteiger partial charge on any atom is 0.0652 e. The number of hydrogen-bond acceptors (Lipinski definition) is 2. The zero-order chi connectivity index (χ0) is 11.5. The Bertz CT molecular complexity index is 213. The van der Waals surface area contributed by atoms with Crippen LogP contribution in [0, 0.1) is 5.41 Å². The lowest BCUT2D eigenvalue weighted by Gasteiger charge is -2.52. The third-order valence-electron chi connectivity index (χ3n) is 3.75. The van der Waals surface area contributed by atoms with Crippen molar-refractivity contribution in [3.8, 4) is 0 Å². The molecule has 0 bridgehead atoms. The van der Waals surface area contributed by atoms with Crippen molar-refractivity contribution in [1.82, 2.24) is 5.32 Å². The van der Waals surface area contributed by atoms with Gasteiger partial charge in [-0.2, -0.15) is 0 Å². The number of ether oxygens (including phenoxy) is 1. The van der Waals surface area contributed by atoms with Crippen LogP contribution < -0.4 is 5.32 Å². The molecule has 0 aliphatic heterocycles. The highest BCUT2D eigenvalue weighted by atomic mass is 16.5. The Balaban J connectivity index is 2.32. The fourth-order valence-corrected chi connectivity index (χ4v) is 2.36. The molecule has 88 valence electrons. The number of rotatable bonds is 6. The van der Waals surface area contributed by atoms with Gasteiger partial charge in [0.25, 0.3) is 0 Å². The summed E-state index contributed by atoms with van der Waals surface area (Å²) in [6.07, 6.45) is 5.81. The van der Waals surface area contributed by atoms with Crippen LogP contribution in [0.2, 0.25) is 0 Å². The Labute approximate surface area is 94.1 Å². The molecule has 15 heavy (non-hydrogen) atoms. The highest BCUT2D eigenvalue weighted by Crippen LogP contribution is 2.42. The Morgan fingerprint density at radius 2 is 2.27 bits per heavy atom. The first-order chi connectivity index (χ1) is 7.02. The van der Waals surface area contributed by atoms with E-state index in [-0.39, 0.29) is 5.41 Å². The van der Waals surface area contributed by atoms with Crippen LogP contribution in [0.3, 0.4) is 0 Å². The van der Waals surface area contributed by atoms with Gasteiger partial charge < -0.3 is 10.1 Å². The highest BCUT2D eigenvalue weighted by Gasteiger charge is 2.48. The summed E-state index contributed by atoms with van der Waals surface area (Å²) in [5, 5.41) is 3.68. The van der Waals surface area contributed by atoms with E-state index in [1.54, 1.807) is 0 Å². The summed E-state index contributed by atoms with van der Waals surface area (Å²) in [6.45, 7) is 10.6. The topological polar surface area (TPSA) is 21.3 Å². The van der Waals surface area contributed by atoms with Crippen LogP contribution >= 0.6 is 0 Å². The van der Waals surface area contributed by atoms with Crippen LogP contribution in [0.15, 0.2) is 12.7 Å². The summed E-state index contributed by atoms with van der Waals surface area (Å²) in [7, 11) is 1.81. The molecular formula is C13H25NO. The molecule has 0 aromatic heterocycles. The zero-order valence-corrected chi connectivity index (χ0v) is 10.5. The predicted octanol–water partition coefficient (Wildman–Crippen LogP) is 2.74. The van der Waals surface area contributed by atoms with Gasteiger partial charge in [0, 0.05) is 24.6 Å². The standard InChI is InChI=1S/C13H25NO/c1-6-7-8-10(2)14-11-9-12(15-5)13(11,3)4/h6,10-12,14H,1,7-9H2,2-5H3. The maximum atomic E-state index is 5.44. The van der Waals surface area contributed by atoms with Gasteiger partial charge in [0.15, 0.2) is 0 Å². The first-order valence-electron chi connectivity index (χ1n) is 5.92. The number of methoxy groups -OCH3 is 1. The van der Waals surface area contributed by atoms with Crippen LogP contribution in [0.25, 0.3) is 0 Å². The van der Waals surface area contributed by atoms with Gasteiger partial charge in [0.2, 0.25) is 0 Å². The van der Waals surface area contributed by atoms with Gasteiger partial charge >= 0.3 is 0 Å². The van der Waals surface area contributed by atoms with Crippen molar-refractivity contribution in [2.45, 2.75) is 58.2 Å². The van der Waals surface area contributed by atoms with E-state index in [4.69, 9.17) is 4.74 Å². The minimum absolute atomic E-state index is 0.275. The second-order valence-corrected chi connectivity index (χ2v) is 5.27. The van der Waals surface area contributed by atoms with Crippen LogP contribution in [-0.2, 0) is 4.74 Å². The first kappa shape index (κ1) is 12.7. The summed E-state index contributed by atoms with van der Waals surface area (Å²) in [4.78, 5) is 0. The Morgan fingerprint density at radius 3 is 2.73 bits per heavy atom. The Kier molecular flexibility index (Phi) is 4.35. The van der Waals surface area contributed by atoms with Gasteiger partial charge in [-0.05, 0) is 26.2 Å². The average Bonchev–Trinajstić information content (AvgIpc) is 2.20. The SMILES string of the molecule is C=CCCC(C)NC1CC(OC)C1(C)C. The van der Waals surface area contributed by atoms with Crippen molar-refractivity contribution in [2.24, 2.45) is 5.41 Å². The third-order valence-corrected chi connectivity index (χ3v) is 3.75. The van der Waals surface area contributed by atoms with Crippen LogP contribution in [0.4, 0.5) is 0 Å². The zero-order valence-electron chi connectivity index (χ0n) is 10.5. The van der Waals surface area contributed by atoms with Crippen molar-refractivity contribution in [3.63, 3.8) is 0 Å². The molecule has 2 heteroatoms. The van der Waals surface area contributed by atoms with Crippen molar-refractivity contribution >= 4 is 0 Å². The second-order valence-electron chi connectivity index (χ2n) is 5.27. The molecule has 0 aromatic rings. The molecule has 1 saturated carbocycles. The van der Waals surface area contributed by atoms with E-state index in [0.29, 0.717) is 18.2 Å². The van der Waals surface area contributed by atoms with Gasteiger partial charge in [-0.1, -0.05) is 19.9 Å². The van der Waals surface area contributed by atoms with Gasteiger partial charge in [-0.15, -0.1) is 6.58 Å². The van der Waals surface area contributed by atoms with Crippen LogP contribution in [0.5, 0.6) is 0 Å². The van der Waals surface area contributed by atoms with Crippen molar-refractivity contribution in [2.75, 3.05) is 7.11 Å². The molecule has 1 aliphatic carbocycles. The molecule has 0 spiro atoms.